The van der Waals surface area contributed by atoms with Crippen molar-refractivity contribution in [3.63, 3.8) is 0 Å². The van der Waals surface area contributed by atoms with Crippen molar-refractivity contribution in [2.24, 2.45) is 17.8 Å². The predicted molar refractivity (Wildman–Crippen MR) is 131 cm³/mol. The minimum atomic E-state index is -0.610. The highest BCUT2D eigenvalue weighted by molar-refractivity contribution is 5.84. The molecule has 1 fully saturated rings. The first-order valence-electron chi connectivity index (χ1n) is 12.8. The van der Waals surface area contributed by atoms with Gasteiger partial charge < -0.3 is 25.7 Å². The van der Waals surface area contributed by atoms with Crippen molar-refractivity contribution in [2.75, 3.05) is 13.2 Å². The third-order valence-electron chi connectivity index (χ3n) is 7.10. The van der Waals surface area contributed by atoms with Crippen LogP contribution in [0.4, 0.5) is 0 Å². The number of carbonyl (C=O) groups is 2. The fourth-order valence-corrected chi connectivity index (χ4v) is 5.22. The number of amides is 1. The third kappa shape index (κ3) is 9.45. The van der Waals surface area contributed by atoms with Crippen LogP contribution in [0.5, 0.6) is 0 Å². The summed E-state index contributed by atoms with van der Waals surface area (Å²) in [5.41, 5.74) is 1.19. The summed E-state index contributed by atoms with van der Waals surface area (Å²) in [5.74, 6) is -0.318. The quantitative estimate of drug-likeness (QED) is 0.233. The van der Waals surface area contributed by atoms with E-state index in [1.165, 1.54) is 5.56 Å². The highest BCUT2D eigenvalue weighted by atomic mass is 16.3. The largest absolute Gasteiger partial charge is 0.394 e. The van der Waals surface area contributed by atoms with Crippen LogP contribution < -0.4 is 5.32 Å². The fraction of sp³-hybridized carbons (Fsp3) is 0.704. The number of unbranched alkanes of at least 4 members (excludes halogenated alkanes) is 3. The number of aryl methyl sites for hydroxylation is 1. The molecule has 0 saturated heterocycles. The second-order valence-corrected chi connectivity index (χ2v) is 9.90. The zero-order valence-electron chi connectivity index (χ0n) is 20.4. The fourth-order valence-electron chi connectivity index (χ4n) is 5.22. The van der Waals surface area contributed by atoms with Gasteiger partial charge in [0.2, 0.25) is 5.91 Å². The topological polar surface area (TPSA) is 127 Å². The smallest absolute Gasteiger partial charge is 0.220 e. The minimum Gasteiger partial charge on any atom is -0.394 e. The predicted octanol–water partition coefficient (Wildman–Crippen LogP) is 2.38. The van der Waals surface area contributed by atoms with Crippen LogP contribution in [0.3, 0.4) is 0 Å². The summed E-state index contributed by atoms with van der Waals surface area (Å²) < 4.78 is 0. The SMILES string of the molecule is CC(CC(O)CCc1ccccc1)C1C(=O)CC(O)C1CCCCCCC(=O)NC(CO)CO. The van der Waals surface area contributed by atoms with Crippen LogP contribution in [0, 0.1) is 17.8 Å². The molecule has 5 atom stereocenters. The first kappa shape index (κ1) is 28.4. The maximum absolute atomic E-state index is 12.6. The summed E-state index contributed by atoms with van der Waals surface area (Å²) >= 11 is 0. The number of Topliss-reactive ketones (excluding diaryl/α,β-unsaturated/α-hetero) is 1. The van der Waals surface area contributed by atoms with Crippen LogP contribution in [0.1, 0.15) is 70.3 Å². The number of aliphatic hydroxyl groups excluding tert-OH is 4. The molecule has 5 N–H and O–H groups in total. The summed E-state index contributed by atoms with van der Waals surface area (Å²) in [7, 11) is 0. The van der Waals surface area contributed by atoms with Crippen LogP contribution in [0.15, 0.2) is 30.3 Å². The number of rotatable bonds is 16. The summed E-state index contributed by atoms with van der Waals surface area (Å²) in [6.45, 7) is 1.45. The van der Waals surface area contributed by atoms with E-state index < -0.39 is 18.2 Å². The third-order valence-corrected chi connectivity index (χ3v) is 7.10. The molecule has 0 aromatic heterocycles. The number of benzene rings is 1. The van der Waals surface area contributed by atoms with Crippen LogP contribution in [0.25, 0.3) is 0 Å². The van der Waals surface area contributed by atoms with Crippen LogP contribution in [-0.2, 0) is 16.0 Å². The van der Waals surface area contributed by atoms with Crippen molar-refractivity contribution in [1.82, 2.24) is 5.32 Å². The van der Waals surface area contributed by atoms with Crippen LogP contribution >= 0.6 is 0 Å². The van der Waals surface area contributed by atoms with Crippen molar-refractivity contribution in [3.05, 3.63) is 35.9 Å². The maximum atomic E-state index is 12.6. The average molecular weight is 478 g/mol. The molecule has 1 amide bonds. The van der Waals surface area contributed by atoms with Crippen molar-refractivity contribution in [1.29, 1.82) is 0 Å². The summed E-state index contributed by atoms with van der Waals surface area (Å²) in [4.78, 5) is 24.4. The molecule has 34 heavy (non-hydrogen) atoms. The lowest BCUT2D eigenvalue weighted by Crippen LogP contribution is -2.39. The van der Waals surface area contributed by atoms with E-state index in [9.17, 15) is 19.8 Å². The Bertz CT molecular complexity index is 723. The Morgan fingerprint density at radius 2 is 1.76 bits per heavy atom. The highest BCUT2D eigenvalue weighted by Crippen LogP contribution is 2.39. The molecule has 5 unspecified atom stereocenters. The van der Waals surface area contributed by atoms with Crippen molar-refractivity contribution in [2.45, 2.75) is 89.4 Å². The molecule has 0 spiro atoms. The zero-order valence-corrected chi connectivity index (χ0v) is 20.4. The number of ketones is 1. The van der Waals surface area contributed by atoms with Gasteiger partial charge in [0.1, 0.15) is 5.78 Å². The molecule has 1 saturated carbocycles. The van der Waals surface area contributed by atoms with Crippen molar-refractivity contribution >= 4 is 11.7 Å². The van der Waals surface area contributed by atoms with E-state index in [4.69, 9.17) is 10.2 Å². The Morgan fingerprint density at radius 3 is 2.44 bits per heavy atom. The van der Waals surface area contributed by atoms with Crippen molar-refractivity contribution in [3.8, 4) is 0 Å². The van der Waals surface area contributed by atoms with E-state index in [1.807, 2.05) is 25.1 Å². The molecular formula is C27H43NO6. The molecule has 0 heterocycles. The van der Waals surface area contributed by atoms with Gasteiger partial charge in [0.05, 0.1) is 31.5 Å². The first-order chi connectivity index (χ1) is 16.3. The summed E-state index contributed by atoms with van der Waals surface area (Å²) in [5, 5.41) is 41.6. The Balaban J connectivity index is 1.71. The van der Waals surface area contributed by atoms with E-state index in [1.54, 1.807) is 0 Å². The van der Waals surface area contributed by atoms with Gasteiger partial charge in [0.25, 0.3) is 0 Å². The lowest BCUT2D eigenvalue weighted by atomic mass is 9.78. The minimum absolute atomic E-state index is 0.0233. The van der Waals surface area contributed by atoms with Gasteiger partial charge in [0.15, 0.2) is 0 Å². The molecule has 2 rings (SSSR count). The van der Waals surface area contributed by atoms with Crippen molar-refractivity contribution < 1.29 is 30.0 Å². The molecule has 7 nitrogen and oxygen atoms in total. The van der Waals surface area contributed by atoms with E-state index in [0.717, 1.165) is 38.5 Å². The standard InChI is InChI=1S/C27H43NO6/c1-19(15-22(31)14-13-20-9-5-4-6-10-20)27-23(24(32)16-25(27)33)11-7-2-3-8-12-26(34)28-21(17-29)18-30/h4-6,9-10,19,21-24,27,29-32H,2-3,7-8,11-18H2,1H3,(H,28,34). The average Bonchev–Trinajstić information content (AvgIpc) is 3.11. The molecule has 0 bridgehead atoms. The molecule has 1 aliphatic carbocycles. The van der Waals surface area contributed by atoms with Gasteiger partial charge in [-0.25, -0.2) is 0 Å². The van der Waals surface area contributed by atoms with E-state index in [0.29, 0.717) is 19.3 Å². The van der Waals surface area contributed by atoms with Crippen LogP contribution in [-0.4, -0.2) is 63.6 Å². The normalized spacial score (nSPS) is 22.2. The van der Waals surface area contributed by atoms with E-state index in [-0.39, 0.29) is 49.1 Å². The Hall–Kier alpha value is -1.80. The lowest BCUT2D eigenvalue weighted by Gasteiger charge is -2.27. The Labute approximate surface area is 203 Å². The van der Waals surface area contributed by atoms with Crippen LogP contribution in [0.2, 0.25) is 0 Å². The van der Waals surface area contributed by atoms with Gasteiger partial charge in [-0.15, -0.1) is 0 Å². The lowest BCUT2D eigenvalue weighted by molar-refractivity contribution is -0.123. The van der Waals surface area contributed by atoms with Gasteiger partial charge in [-0.1, -0.05) is 56.5 Å². The summed E-state index contributed by atoms with van der Waals surface area (Å²) in [6.07, 6.45) is 5.64. The zero-order chi connectivity index (χ0) is 24.9. The van der Waals surface area contributed by atoms with Gasteiger partial charge in [-0.3, -0.25) is 9.59 Å². The number of carbonyl (C=O) groups excluding carboxylic acids is 2. The Morgan fingerprint density at radius 1 is 1.09 bits per heavy atom. The first-order valence-corrected chi connectivity index (χ1v) is 12.8. The second kappa shape index (κ2) is 15.2. The Kier molecular flexibility index (Phi) is 12.8. The number of aliphatic hydroxyl groups is 4. The van der Waals surface area contributed by atoms with Gasteiger partial charge in [-0.2, -0.15) is 0 Å². The number of nitrogens with one attached hydrogen (secondary N) is 1. The van der Waals surface area contributed by atoms with E-state index >= 15 is 0 Å². The number of hydrogen-bond donors (Lipinski definition) is 5. The van der Waals surface area contributed by atoms with Gasteiger partial charge in [-0.05, 0) is 49.5 Å². The molecule has 1 aromatic rings. The monoisotopic (exact) mass is 477 g/mol. The molecular weight excluding hydrogens is 434 g/mol. The molecule has 0 radical (unpaired) electrons. The van der Waals surface area contributed by atoms with E-state index in [2.05, 4.69) is 17.4 Å². The van der Waals surface area contributed by atoms with Gasteiger partial charge in [0, 0.05) is 18.8 Å². The maximum Gasteiger partial charge on any atom is 0.220 e. The molecule has 7 heteroatoms. The summed E-state index contributed by atoms with van der Waals surface area (Å²) in [6, 6.07) is 9.46. The second-order valence-electron chi connectivity index (χ2n) is 9.90. The molecule has 1 aliphatic rings. The number of hydrogen-bond acceptors (Lipinski definition) is 6. The molecule has 0 aliphatic heterocycles. The molecule has 192 valence electrons. The molecule has 1 aromatic carbocycles. The van der Waals surface area contributed by atoms with Gasteiger partial charge >= 0.3 is 0 Å². The highest BCUT2D eigenvalue weighted by Gasteiger charge is 2.43.